The van der Waals surface area contributed by atoms with Gasteiger partial charge in [-0.05, 0) is 119 Å². The molecule has 0 heteroatoms. The molecule has 214 valence electrons. The Balaban J connectivity index is 1.44. The minimum absolute atomic E-state index is 0.470. The summed E-state index contributed by atoms with van der Waals surface area (Å²) in [6, 6.07) is 0. The third-order valence-electron chi connectivity index (χ3n) is 15.4. The maximum atomic E-state index is 2.81. The first kappa shape index (κ1) is 28.5. The topological polar surface area (TPSA) is 0 Å². The van der Waals surface area contributed by atoms with E-state index in [0.29, 0.717) is 16.2 Å². The fourth-order valence-corrected chi connectivity index (χ4v) is 14.1. The number of rotatable bonds is 4. The van der Waals surface area contributed by atoms with Crippen LogP contribution in [0.3, 0.4) is 0 Å². The van der Waals surface area contributed by atoms with Crippen LogP contribution in [0.15, 0.2) is 0 Å². The molecule has 5 rings (SSSR count). The molecule has 0 saturated heterocycles. The molecule has 5 aliphatic carbocycles. The Labute approximate surface area is 233 Å². The molecule has 0 N–H and O–H groups in total. The molecule has 13 atom stereocenters. The van der Waals surface area contributed by atoms with Crippen LogP contribution in [0.25, 0.3) is 0 Å². The van der Waals surface area contributed by atoms with Gasteiger partial charge in [0, 0.05) is 0 Å². The van der Waals surface area contributed by atoms with Crippen molar-refractivity contribution in [2.24, 2.45) is 87.3 Å². The highest BCUT2D eigenvalue weighted by Gasteiger charge is 2.68. The zero-order valence-electron chi connectivity index (χ0n) is 26.9. The Hall–Kier alpha value is 0. The van der Waals surface area contributed by atoms with Crippen molar-refractivity contribution in [2.75, 3.05) is 0 Å². The second-order valence-corrected chi connectivity index (χ2v) is 17.5. The Morgan fingerprint density at radius 1 is 0.730 bits per heavy atom. The van der Waals surface area contributed by atoms with Crippen LogP contribution in [0.1, 0.15) is 146 Å². The van der Waals surface area contributed by atoms with E-state index in [1.54, 1.807) is 19.3 Å². The molecule has 0 aromatic carbocycles. The summed E-state index contributed by atoms with van der Waals surface area (Å²) in [5.74, 6) is 11.1. The van der Waals surface area contributed by atoms with Crippen LogP contribution in [-0.4, -0.2) is 0 Å². The van der Waals surface area contributed by atoms with E-state index in [0.717, 1.165) is 71.0 Å². The first-order valence-corrected chi connectivity index (χ1v) is 17.3. The fraction of sp³-hybridized carbons (Fsp3) is 1.00. The summed E-state index contributed by atoms with van der Waals surface area (Å²) < 4.78 is 0. The van der Waals surface area contributed by atoms with Crippen LogP contribution in [0.4, 0.5) is 0 Å². The van der Waals surface area contributed by atoms with Crippen LogP contribution in [0, 0.1) is 87.3 Å². The molecule has 0 amide bonds. The minimum atomic E-state index is 0.470. The van der Waals surface area contributed by atoms with Crippen molar-refractivity contribution < 1.29 is 0 Å². The van der Waals surface area contributed by atoms with Gasteiger partial charge in [-0.3, -0.25) is 0 Å². The minimum Gasteiger partial charge on any atom is -0.0625 e. The number of fused-ring (bicyclic) bond motifs is 3. The van der Waals surface area contributed by atoms with Crippen molar-refractivity contribution in [2.45, 2.75) is 146 Å². The molecule has 0 aromatic heterocycles. The Morgan fingerprint density at radius 3 is 2.05 bits per heavy atom. The Bertz CT molecular complexity index is 790. The average molecular weight is 511 g/mol. The monoisotopic (exact) mass is 511 g/mol. The van der Waals surface area contributed by atoms with E-state index >= 15 is 0 Å². The summed E-state index contributed by atoms with van der Waals surface area (Å²) in [5, 5.41) is 0. The van der Waals surface area contributed by atoms with E-state index in [2.05, 4.69) is 69.2 Å². The normalized spacial score (nSPS) is 54.9. The molecule has 5 saturated carbocycles. The van der Waals surface area contributed by atoms with Crippen molar-refractivity contribution >= 4 is 0 Å². The zero-order chi connectivity index (χ0) is 26.9. The van der Waals surface area contributed by atoms with E-state index < -0.39 is 0 Å². The van der Waals surface area contributed by atoms with Crippen molar-refractivity contribution in [1.82, 2.24) is 0 Å². The summed E-state index contributed by atoms with van der Waals surface area (Å²) in [5.41, 5.74) is 1.50. The molecular formula is C37H66. The fourth-order valence-electron chi connectivity index (χ4n) is 14.1. The van der Waals surface area contributed by atoms with E-state index in [9.17, 15) is 0 Å². The predicted molar refractivity (Wildman–Crippen MR) is 161 cm³/mol. The molecule has 0 aliphatic heterocycles. The van der Waals surface area contributed by atoms with Gasteiger partial charge in [-0.2, -0.15) is 0 Å². The molecule has 37 heavy (non-hydrogen) atoms. The molecule has 5 fully saturated rings. The van der Waals surface area contributed by atoms with Gasteiger partial charge in [0.05, 0.1) is 0 Å². The summed E-state index contributed by atoms with van der Waals surface area (Å²) in [6.45, 7) is 26.9. The largest absolute Gasteiger partial charge is 0.0625 e. The zero-order valence-corrected chi connectivity index (χ0v) is 26.9. The summed E-state index contributed by atoms with van der Waals surface area (Å²) >= 11 is 0. The van der Waals surface area contributed by atoms with Crippen LogP contribution < -0.4 is 0 Å². The first-order valence-electron chi connectivity index (χ1n) is 17.3. The average Bonchev–Trinajstić information content (AvgIpc) is 2.81. The Morgan fingerprint density at radius 2 is 1.41 bits per heavy atom. The van der Waals surface area contributed by atoms with Gasteiger partial charge in [0.25, 0.3) is 0 Å². The smallest absolute Gasteiger partial charge is 0.0215 e. The lowest BCUT2D eigenvalue weighted by atomic mass is 9.32. The van der Waals surface area contributed by atoms with E-state index in [4.69, 9.17) is 0 Å². The van der Waals surface area contributed by atoms with E-state index in [1.807, 2.05) is 0 Å². The van der Waals surface area contributed by atoms with Crippen LogP contribution in [0.5, 0.6) is 0 Å². The van der Waals surface area contributed by atoms with Gasteiger partial charge in [-0.25, -0.2) is 0 Å². The van der Waals surface area contributed by atoms with Crippen LogP contribution in [0.2, 0.25) is 0 Å². The van der Waals surface area contributed by atoms with E-state index in [1.165, 1.54) is 57.8 Å². The summed E-state index contributed by atoms with van der Waals surface area (Å²) in [4.78, 5) is 0. The maximum Gasteiger partial charge on any atom is -0.0215 e. The highest BCUT2D eigenvalue weighted by molar-refractivity contribution is 5.16. The molecular weight excluding hydrogens is 444 g/mol. The molecule has 0 spiro atoms. The third-order valence-corrected chi connectivity index (χ3v) is 15.4. The third kappa shape index (κ3) is 4.42. The maximum absolute atomic E-state index is 2.81. The molecule has 13 unspecified atom stereocenters. The van der Waals surface area contributed by atoms with Crippen molar-refractivity contribution in [1.29, 1.82) is 0 Å². The Kier molecular flexibility index (Phi) is 7.81. The summed E-state index contributed by atoms with van der Waals surface area (Å²) in [6.07, 6.45) is 18.3. The highest BCUT2D eigenvalue weighted by atomic mass is 14.7. The van der Waals surface area contributed by atoms with Crippen molar-refractivity contribution in [3.8, 4) is 0 Å². The van der Waals surface area contributed by atoms with Crippen molar-refractivity contribution in [3.05, 3.63) is 0 Å². The van der Waals surface area contributed by atoms with Gasteiger partial charge in [-0.1, -0.05) is 114 Å². The quantitative estimate of drug-likeness (QED) is 0.353. The number of hydrogen-bond donors (Lipinski definition) is 0. The van der Waals surface area contributed by atoms with Gasteiger partial charge in [0.2, 0.25) is 0 Å². The molecule has 0 heterocycles. The molecule has 0 aromatic rings. The predicted octanol–water partition coefficient (Wildman–Crippen LogP) is 11.3. The molecule has 0 nitrogen and oxygen atoms in total. The standard InChI is InChI=1S/C37H66/c1-23(2)32-25(4)20-36(9)22-35(8)21-31-30(19-17-29-14-12-11-13-15-29)18-16-24(3)33(31)26(5)34(35)28(7)37(36,10)27(32)6/h23-34H,11-22H2,1-10H3. The first-order chi connectivity index (χ1) is 17.3. The molecule has 0 bridgehead atoms. The van der Waals surface area contributed by atoms with Gasteiger partial charge in [0.1, 0.15) is 0 Å². The molecule has 0 radical (unpaired) electrons. The second-order valence-electron chi connectivity index (χ2n) is 17.5. The lowest BCUT2D eigenvalue weighted by Gasteiger charge is -2.73. The number of hydrogen-bond acceptors (Lipinski definition) is 0. The van der Waals surface area contributed by atoms with Crippen molar-refractivity contribution in [3.63, 3.8) is 0 Å². The van der Waals surface area contributed by atoms with Crippen LogP contribution in [-0.2, 0) is 0 Å². The van der Waals surface area contributed by atoms with Crippen LogP contribution >= 0.6 is 0 Å². The van der Waals surface area contributed by atoms with Gasteiger partial charge in [0.15, 0.2) is 0 Å². The van der Waals surface area contributed by atoms with E-state index in [-0.39, 0.29) is 0 Å². The SMILES string of the molecule is CC(C)C1C(C)CC2(C)CC3(C)CC4C(CCC5CCCCC5)CCC(C)C4C(C)C3C(C)C2(C)C1C. The second kappa shape index (κ2) is 10.1. The highest BCUT2D eigenvalue weighted by Crippen LogP contribution is 2.75. The summed E-state index contributed by atoms with van der Waals surface area (Å²) in [7, 11) is 0. The molecule has 5 aliphatic rings. The lowest BCUT2D eigenvalue weighted by Crippen LogP contribution is -2.67. The van der Waals surface area contributed by atoms with Gasteiger partial charge >= 0.3 is 0 Å². The lowest BCUT2D eigenvalue weighted by molar-refractivity contribution is -0.247. The van der Waals surface area contributed by atoms with Gasteiger partial charge in [-0.15, -0.1) is 0 Å². The van der Waals surface area contributed by atoms with Gasteiger partial charge < -0.3 is 0 Å².